The second-order valence-electron chi connectivity index (χ2n) is 3.64. The van der Waals surface area contributed by atoms with Crippen molar-refractivity contribution in [2.24, 2.45) is 0 Å². The number of anilines is 1. The van der Waals surface area contributed by atoms with Crippen molar-refractivity contribution in [1.29, 1.82) is 10.5 Å². The number of hydrogen-bond acceptors (Lipinski definition) is 3. The number of nitriles is 2. The summed E-state index contributed by atoms with van der Waals surface area (Å²) in [6.45, 7) is 3.77. The van der Waals surface area contributed by atoms with Crippen LogP contribution in [0.4, 0.5) is 5.69 Å². The first-order valence-electron chi connectivity index (χ1n) is 5.68. The normalized spacial score (nSPS) is 9.11. The van der Waals surface area contributed by atoms with E-state index in [2.05, 4.69) is 11.8 Å². The summed E-state index contributed by atoms with van der Waals surface area (Å²) in [6.07, 6.45) is 1.57. The molecular weight excluding hydrogens is 246 g/mol. The van der Waals surface area contributed by atoms with Gasteiger partial charge in [-0.1, -0.05) is 12.1 Å². The number of rotatable bonds is 5. The van der Waals surface area contributed by atoms with Crippen LogP contribution in [0.25, 0.3) is 6.08 Å². The highest BCUT2D eigenvalue weighted by atomic mass is 35.5. The van der Waals surface area contributed by atoms with Gasteiger partial charge >= 0.3 is 0 Å². The minimum absolute atomic E-state index is 0.107. The summed E-state index contributed by atoms with van der Waals surface area (Å²) in [5.74, 6) is 0.586. The van der Waals surface area contributed by atoms with Gasteiger partial charge in [0.2, 0.25) is 0 Å². The molecule has 0 aliphatic heterocycles. The molecule has 1 rings (SSSR count). The molecule has 0 radical (unpaired) electrons. The summed E-state index contributed by atoms with van der Waals surface area (Å²) in [5.41, 5.74) is 2.04. The first-order valence-corrected chi connectivity index (χ1v) is 6.21. The van der Waals surface area contributed by atoms with Gasteiger partial charge in [0.1, 0.15) is 17.7 Å². The van der Waals surface area contributed by atoms with E-state index in [1.54, 1.807) is 6.08 Å². The summed E-state index contributed by atoms with van der Waals surface area (Å²) in [4.78, 5) is 2.16. The third-order valence-electron chi connectivity index (χ3n) is 2.55. The van der Waals surface area contributed by atoms with E-state index in [0.717, 1.165) is 24.3 Å². The van der Waals surface area contributed by atoms with Gasteiger partial charge in [-0.15, -0.1) is 11.6 Å². The van der Waals surface area contributed by atoms with Crippen molar-refractivity contribution < 1.29 is 0 Å². The molecule has 0 fully saturated rings. The summed E-state index contributed by atoms with van der Waals surface area (Å²) in [5, 5.41) is 17.3. The van der Waals surface area contributed by atoms with Crippen molar-refractivity contribution >= 4 is 23.4 Å². The van der Waals surface area contributed by atoms with Crippen LogP contribution in [-0.4, -0.2) is 19.0 Å². The summed E-state index contributed by atoms with van der Waals surface area (Å²) in [7, 11) is 0. The van der Waals surface area contributed by atoms with Crippen molar-refractivity contribution in [2.75, 3.05) is 23.9 Å². The van der Waals surface area contributed by atoms with Crippen molar-refractivity contribution in [1.82, 2.24) is 0 Å². The highest BCUT2D eigenvalue weighted by molar-refractivity contribution is 6.18. The molecule has 4 heteroatoms. The summed E-state index contributed by atoms with van der Waals surface area (Å²) < 4.78 is 0. The van der Waals surface area contributed by atoms with Gasteiger partial charge in [-0.25, -0.2) is 0 Å². The van der Waals surface area contributed by atoms with Crippen molar-refractivity contribution in [3.8, 4) is 12.1 Å². The van der Waals surface area contributed by atoms with Crippen LogP contribution >= 0.6 is 11.6 Å². The Morgan fingerprint density at radius 3 is 2.33 bits per heavy atom. The highest BCUT2D eigenvalue weighted by Crippen LogP contribution is 2.16. The highest BCUT2D eigenvalue weighted by Gasteiger charge is 2.02. The largest absolute Gasteiger partial charge is 0.371 e. The van der Waals surface area contributed by atoms with E-state index in [1.807, 2.05) is 36.4 Å². The van der Waals surface area contributed by atoms with Crippen molar-refractivity contribution in [2.45, 2.75) is 6.92 Å². The molecule has 0 spiro atoms. The third kappa shape index (κ3) is 3.80. The topological polar surface area (TPSA) is 50.8 Å². The molecule has 0 saturated carbocycles. The zero-order valence-electron chi connectivity index (χ0n) is 10.2. The molecule has 0 heterocycles. The summed E-state index contributed by atoms with van der Waals surface area (Å²) in [6, 6.07) is 11.4. The molecule has 0 bridgehead atoms. The van der Waals surface area contributed by atoms with E-state index in [9.17, 15) is 0 Å². The van der Waals surface area contributed by atoms with Gasteiger partial charge in [0.05, 0.1) is 0 Å². The fourth-order valence-electron chi connectivity index (χ4n) is 1.61. The smallest absolute Gasteiger partial charge is 0.130 e. The molecule has 0 atom stereocenters. The lowest BCUT2D eigenvalue weighted by Gasteiger charge is -2.21. The zero-order chi connectivity index (χ0) is 13.4. The Hall–Kier alpha value is -1.97. The average Bonchev–Trinajstić information content (AvgIpc) is 2.43. The number of benzene rings is 1. The Kier molecular flexibility index (Phi) is 5.77. The lowest BCUT2D eigenvalue weighted by atomic mass is 10.1. The minimum atomic E-state index is 0.107. The van der Waals surface area contributed by atoms with E-state index >= 15 is 0 Å². The fraction of sp³-hybridized carbons (Fsp3) is 0.286. The van der Waals surface area contributed by atoms with Crippen LogP contribution in [0.15, 0.2) is 29.8 Å². The minimum Gasteiger partial charge on any atom is -0.371 e. The Balaban J connectivity index is 2.90. The first kappa shape index (κ1) is 14.1. The molecule has 0 aromatic heterocycles. The number of hydrogen-bond donors (Lipinski definition) is 0. The monoisotopic (exact) mass is 259 g/mol. The number of alkyl halides is 1. The Morgan fingerprint density at radius 1 is 1.28 bits per heavy atom. The van der Waals surface area contributed by atoms with Gasteiger partial charge in [0.15, 0.2) is 0 Å². The molecule has 3 nitrogen and oxygen atoms in total. The molecule has 1 aromatic rings. The number of nitrogens with zero attached hydrogens (tertiary/aromatic N) is 3. The molecule has 0 aliphatic rings. The van der Waals surface area contributed by atoms with Crippen LogP contribution < -0.4 is 4.90 Å². The van der Waals surface area contributed by atoms with E-state index in [-0.39, 0.29) is 5.57 Å². The molecule has 0 amide bonds. The molecule has 18 heavy (non-hydrogen) atoms. The van der Waals surface area contributed by atoms with E-state index in [4.69, 9.17) is 22.1 Å². The molecular formula is C14H14ClN3. The zero-order valence-corrected chi connectivity index (χ0v) is 11.0. The maximum atomic E-state index is 8.67. The van der Waals surface area contributed by atoms with E-state index in [1.165, 1.54) is 0 Å². The maximum Gasteiger partial charge on any atom is 0.130 e. The van der Waals surface area contributed by atoms with Crippen LogP contribution in [0.2, 0.25) is 0 Å². The molecule has 92 valence electrons. The van der Waals surface area contributed by atoms with Crippen LogP contribution in [0.1, 0.15) is 12.5 Å². The second kappa shape index (κ2) is 7.37. The number of allylic oxidation sites excluding steroid dienone is 1. The third-order valence-corrected chi connectivity index (χ3v) is 2.72. The Morgan fingerprint density at radius 2 is 1.89 bits per heavy atom. The summed E-state index contributed by atoms with van der Waals surface area (Å²) >= 11 is 5.74. The fourth-order valence-corrected chi connectivity index (χ4v) is 1.81. The molecule has 0 saturated heterocycles. The van der Waals surface area contributed by atoms with Crippen LogP contribution in [0.3, 0.4) is 0 Å². The quantitative estimate of drug-likeness (QED) is 0.603. The average molecular weight is 260 g/mol. The molecule has 1 aromatic carbocycles. The van der Waals surface area contributed by atoms with Gasteiger partial charge in [0, 0.05) is 24.7 Å². The van der Waals surface area contributed by atoms with Crippen LogP contribution in [0, 0.1) is 22.7 Å². The lowest BCUT2D eigenvalue weighted by Crippen LogP contribution is -2.24. The predicted octanol–water partition coefficient (Wildman–Crippen LogP) is 3.18. The van der Waals surface area contributed by atoms with Gasteiger partial charge in [-0.05, 0) is 30.7 Å². The van der Waals surface area contributed by atoms with Crippen LogP contribution in [-0.2, 0) is 0 Å². The van der Waals surface area contributed by atoms with Crippen molar-refractivity contribution in [3.63, 3.8) is 0 Å². The maximum absolute atomic E-state index is 8.67. The van der Waals surface area contributed by atoms with E-state index in [0.29, 0.717) is 5.88 Å². The first-order chi connectivity index (χ1) is 8.74. The molecule has 0 N–H and O–H groups in total. The van der Waals surface area contributed by atoms with Crippen LogP contribution in [0.5, 0.6) is 0 Å². The van der Waals surface area contributed by atoms with Crippen molar-refractivity contribution in [3.05, 3.63) is 35.4 Å². The second-order valence-corrected chi connectivity index (χ2v) is 4.02. The van der Waals surface area contributed by atoms with Gasteiger partial charge in [-0.3, -0.25) is 0 Å². The lowest BCUT2D eigenvalue weighted by molar-refractivity contribution is 0.870. The van der Waals surface area contributed by atoms with Gasteiger partial charge in [0.25, 0.3) is 0 Å². The van der Waals surface area contributed by atoms with E-state index < -0.39 is 0 Å². The Bertz CT molecular complexity index is 475. The van der Waals surface area contributed by atoms with Gasteiger partial charge < -0.3 is 4.90 Å². The Labute approximate surface area is 113 Å². The molecule has 0 aliphatic carbocycles. The molecule has 0 unspecified atom stereocenters. The standard InChI is InChI=1S/C14H14ClN3/c1-2-18(8-7-15)14-5-3-12(4-6-14)9-13(10-16)11-17/h3-6,9H,2,7-8H2,1H3. The SMILES string of the molecule is CCN(CCCl)c1ccc(C=C(C#N)C#N)cc1. The number of halogens is 1. The van der Waals surface area contributed by atoms with Gasteiger partial charge in [-0.2, -0.15) is 10.5 Å². The predicted molar refractivity (Wildman–Crippen MR) is 74.3 cm³/mol.